The van der Waals surface area contributed by atoms with E-state index in [9.17, 15) is 0 Å². The highest BCUT2D eigenvalue weighted by atomic mass is 35.5. The highest BCUT2D eigenvalue weighted by Crippen LogP contribution is 2.20. The summed E-state index contributed by atoms with van der Waals surface area (Å²) in [7, 11) is 0. The van der Waals surface area contributed by atoms with Gasteiger partial charge in [0, 0.05) is 10.4 Å². The molecule has 84 valence electrons. The molecular formula is C10H11ClN4S. The fraction of sp³-hybridized carbons (Fsp3) is 0.300. The monoisotopic (exact) mass is 254 g/mol. The van der Waals surface area contributed by atoms with Crippen molar-refractivity contribution in [3.8, 4) is 0 Å². The van der Waals surface area contributed by atoms with Crippen LogP contribution in [-0.2, 0) is 6.54 Å². The second-order valence-corrected chi connectivity index (χ2v) is 4.65. The van der Waals surface area contributed by atoms with Crippen LogP contribution in [0.15, 0.2) is 11.8 Å². The summed E-state index contributed by atoms with van der Waals surface area (Å²) >= 11 is 7.53. The third-order valence-electron chi connectivity index (χ3n) is 2.28. The molecule has 0 fully saturated rings. The molecule has 6 heteroatoms. The van der Waals surface area contributed by atoms with E-state index in [2.05, 4.69) is 20.3 Å². The Morgan fingerprint density at radius 1 is 1.31 bits per heavy atom. The second-order valence-electron chi connectivity index (χ2n) is 3.35. The molecule has 1 N–H and O–H groups in total. The van der Waals surface area contributed by atoms with Crippen molar-refractivity contribution in [2.75, 3.05) is 5.32 Å². The van der Waals surface area contributed by atoms with E-state index in [-0.39, 0.29) is 0 Å². The van der Waals surface area contributed by atoms with Gasteiger partial charge in [0.25, 0.3) is 0 Å². The molecule has 16 heavy (non-hydrogen) atoms. The van der Waals surface area contributed by atoms with E-state index >= 15 is 0 Å². The van der Waals surface area contributed by atoms with Crippen LogP contribution < -0.4 is 5.32 Å². The topological polar surface area (TPSA) is 50.7 Å². The van der Waals surface area contributed by atoms with Gasteiger partial charge in [0.2, 0.25) is 0 Å². The molecule has 0 spiro atoms. The maximum Gasteiger partial charge on any atom is 0.137 e. The van der Waals surface area contributed by atoms with E-state index in [1.807, 2.05) is 19.4 Å². The summed E-state index contributed by atoms with van der Waals surface area (Å²) in [5.74, 6) is 0.771. The molecule has 0 saturated carbocycles. The molecule has 0 amide bonds. The largest absolute Gasteiger partial charge is 0.365 e. The summed E-state index contributed by atoms with van der Waals surface area (Å²) in [5, 5.41) is 3.72. The Hall–Kier alpha value is -1.20. The minimum atomic E-state index is 0.485. The molecule has 0 saturated heterocycles. The molecule has 2 heterocycles. The van der Waals surface area contributed by atoms with Crippen molar-refractivity contribution < 1.29 is 0 Å². The average Bonchev–Trinajstić information content (AvgIpc) is 2.67. The lowest BCUT2D eigenvalue weighted by Crippen LogP contribution is -2.03. The average molecular weight is 255 g/mol. The number of thiazole rings is 1. The lowest BCUT2D eigenvalue weighted by atomic mass is 10.3. The predicted octanol–water partition coefficient (Wildman–Crippen LogP) is 2.82. The Morgan fingerprint density at radius 2 is 2.12 bits per heavy atom. The number of aromatic nitrogens is 3. The first-order chi connectivity index (χ1) is 7.68. The van der Waals surface area contributed by atoms with Gasteiger partial charge in [0.05, 0.1) is 17.7 Å². The van der Waals surface area contributed by atoms with Crippen molar-refractivity contribution >= 4 is 28.8 Å². The number of nitrogens with zero attached hydrogens (tertiary/aromatic N) is 3. The normalized spacial score (nSPS) is 10.4. The summed E-state index contributed by atoms with van der Waals surface area (Å²) in [6, 6.07) is 0. The standard InChI is InChI=1S/C10H11ClN4S/c1-6-9(11)13-4-14-10(6)12-3-8-7(2)15-5-16-8/h4-5H,3H2,1-2H3,(H,12,13,14). The zero-order valence-corrected chi connectivity index (χ0v) is 10.6. The second kappa shape index (κ2) is 4.76. The first-order valence-corrected chi connectivity index (χ1v) is 6.04. The van der Waals surface area contributed by atoms with Gasteiger partial charge in [-0.1, -0.05) is 11.6 Å². The highest BCUT2D eigenvalue weighted by Gasteiger charge is 2.06. The predicted molar refractivity (Wildman–Crippen MR) is 66.0 cm³/mol. The van der Waals surface area contributed by atoms with Crippen molar-refractivity contribution in [1.82, 2.24) is 15.0 Å². The number of rotatable bonds is 3. The zero-order valence-electron chi connectivity index (χ0n) is 8.99. The van der Waals surface area contributed by atoms with Gasteiger partial charge < -0.3 is 5.32 Å². The molecule has 0 aromatic carbocycles. The van der Waals surface area contributed by atoms with Crippen molar-refractivity contribution in [2.45, 2.75) is 20.4 Å². The maximum absolute atomic E-state index is 5.90. The fourth-order valence-electron chi connectivity index (χ4n) is 1.27. The van der Waals surface area contributed by atoms with Crippen LogP contribution in [0, 0.1) is 13.8 Å². The number of anilines is 1. The van der Waals surface area contributed by atoms with Gasteiger partial charge in [-0.2, -0.15) is 0 Å². The van der Waals surface area contributed by atoms with E-state index in [4.69, 9.17) is 11.6 Å². The molecule has 0 aliphatic heterocycles. The number of halogens is 1. The van der Waals surface area contributed by atoms with Gasteiger partial charge in [-0.25, -0.2) is 15.0 Å². The summed E-state index contributed by atoms with van der Waals surface area (Å²) in [5.41, 5.74) is 3.76. The van der Waals surface area contributed by atoms with Crippen molar-refractivity contribution in [1.29, 1.82) is 0 Å². The first kappa shape index (κ1) is 11.3. The van der Waals surface area contributed by atoms with Gasteiger partial charge in [0.1, 0.15) is 17.3 Å². The quantitative estimate of drug-likeness (QED) is 0.856. The molecule has 4 nitrogen and oxygen atoms in total. The summed E-state index contributed by atoms with van der Waals surface area (Å²) in [6.45, 7) is 4.60. The Labute approximate surface area is 103 Å². The number of nitrogens with one attached hydrogen (secondary N) is 1. The number of aryl methyl sites for hydroxylation is 1. The molecule has 0 atom stereocenters. The third-order valence-corrected chi connectivity index (χ3v) is 3.60. The van der Waals surface area contributed by atoms with E-state index in [1.165, 1.54) is 11.2 Å². The molecular weight excluding hydrogens is 244 g/mol. The van der Waals surface area contributed by atoms with Crippen molar-refractivity contribution in [3.05, 3.63) is 33.1 Å². The minimum absolute atomic E-state index is 0.485. The molecule has 0 aliphatic rings. The van der Waals surface area contributed by atoms with Crippen molar-refractivity contribution in [2.24, 2.45) is 0 Å². The smallest absolute Gasteiger partial charge is 0.137 e. The number of hydrogen-bond acceptors (Lipinski definition) is 5. The van der Waals surface area contributed by atoms with E-state index in [1.54, 1.807) is 11.3 Å². The van der Waals surface area contributed by atoms with Crippen LogP contribution in [0.3, 0.4) is 0 Å². The molecule has 2 aromatic heterocycles. The lowest BCUT2D eigenvalue weighted by Gasteiger charge is -2.07. The summed E-state index contributed by atoms with van der Waals surface area (Å²) < 4.78 is 0. The third kappa shape index (κ3) is 2.31. The first-order valence-electron chi connectivity index (χ1n) is 4.78. The van der Waals surface area contributed by atoms with E-state index < -0.39 is 0 Å². The van der Waals surface area contributed by atoms with Gasteiger partial charge >= 0.3 is 0 Å². The van der Waals surface area contributed by atoms with Crippen LogP contribution >= 0.6 is 22.9 Å². The van der Waals surface area contributed by atoms with Crippen LogP contribution in [0.4, 0.5) is 5.82 Å². The minimum Gasteiger partial charge on any atom is -0.365 e. The Kier molecular flexibility index (Phi) is 3.36. The summed E-state index contributed by atoms with van der Waals surface area (Å²) in [6.07, 6.45) is 1.46. The van der Waals surface area contributed by atoms with Crippen molar-refractivity contribution in [3.63, 3.8) is 0 Å². The molecule has 0 bridgehead atoms. The Balaban J connectivity index is 2.11. The van der Waals surface area contributed by atoms with Crippen LogP contribution in [0.2, 0.25) is 5.15 Å². The van der Waals surface area contributed by atoms with Gasteiger partial charge in [-0.15, -0.1) is 11.3 Å². The molecule has 0 unspecified atom stereocenters. The van der Waals surface area contributed by atoms with Crippen LogP contribution in [0.1, 0.15) is 16.1 Å². The molecule has 2 aromatic rings. The van der Waals surface area contributed by atoms with Gasteiger partial charge in [-0.3, -0.25) is 0 Å². The highest BCUT2D eigenvalue weighted by molar-refractivity contribution is 7.09. The van der Waals surface area contributed by atoms with Crippen LogP contribution in [0.25, 0.3) is 0 Å². The molecule has 0 aliphatic carbocycles. The van der Waals surface area contributed by atoms with Gasteiger partial charge in [0.15, 0.2) is 0 Å². The Morgan fingerprint density at radius 3 is 2.81 bits per heavy atom. The fourth-order valence-corrected chi connectivity index (χ4v) is 2.12. The molecule has 2 rings (SSSR count). The summed E-state index contributed by atoms with van der Waals surface area (Å²) in [4.78, 5) is 13.4. The number of hydrogen-bond donors (Lipinski definition) is 1. The van der Waals surface area contributed by atoms with Crippen LogP contribution in [0.5, 0.6) is 0 Å². The SMILES string of the molecule is Cc1ncsc1CNc1ncnc(Cl)c1C. The van der Waals surface area contributed by atoms with E-state index in [0.29, 0.717) is 11.7 Å². The van der Waals surface area contributed by atoms with Crippen LogP contribution in [-0.4, -0.2) is 15.0 Å². The lowest BCUT2D eigenvalue weighted by molar-refractivity contribution is 1.06. The Bertz CT molecular complexity index is 497. The molecule has 0 radical (unpaired) electrons. The maximum atomic E-state index is 5.90. The zero-order chi connectivity index (χ0) is 11.5. The van der Waals surface area contributed by atoms with Gasteiger partial charge in [-0.05, 0) is 13.8 Å². The van der Waals surface area contributed by atoms with E-state index in [0.717, 1.165) is 17.1 Å².